The number of aromatic nitrogens is 1. The largest absolute Gasteiger partial charge is 0.472 e. The average Bonchev–Trinajstić information content (AvgIpc) is 2.28. The molecule has 0 radical (unpaired) electrons. The van der Waals surface area contributed by atoms with Crippen molar-refractivity contribution in [3.63, 3.8) is 0 Å². The molecule has 1 heterocycles. The molecule has 0 aromatic carbocycles. The molecular weight excluding hydrogens is 200 g/mol. The van der Waals surface area contributed by atoms with Gasteiger partial charge in [0, 0.05) is 18.3 Å². The molecule has 1 atom stereocenters. The van der Waals surface area contributed by atoms with Gasteiger partial charge in [-0.2, -0.15) is 0 Å². The molecule has 16 heavy (non-hydrogen) atoms. The van der Waals surface area contributed by atoms with Gasteiger partial charge in [0.1, 0.15) is 5.60 Å². The fourth-order valence-electron chi connectivity index (χ4n) is 1.23. The second-order valence-electron chi connectivity index (χ2n) is 4.66. The molecule has 1 N–H and O–H groups in total. The smallest absolute Gasteiger partial charge is 0.213 e. The Morgan fingerprint density at radius 3 is 2.56 bits per heavy atom. The molecule has 0 spiro atoms. The topological polar surface area (TPSA) is 34.1 Å². The molecule has 3 heteroatoms. The Morgan fingerprint density at radius 2 is 2.12 bits per heavy atom. The highest BCUT2D eigenvalue weighted by Crippen LogP contribution is 2.20. The highest BCUT2D eigenvalue weighted by atomic mass is 16.5. The van der Waals surface area contributed by atoms with Crippen molar-refractivity contribution in [3.05, 3.63) is 23.9 Å². The van der Waals surface area contributed by atoms with E-state index in [1.807, 2.05) is 19.3 Å². The molecule has 1 unspecified atom stereocenters. The maximum atomic E-state index is 5.79. The fourth-order valence-corrected chi connectivity index (χ4v) is 1.23. The van der Waals surface area contributed by atoms with Gasteiger partial charge >= 0.3 is 0 Å². The van der Waals surface area contributed by atoms with Crippen molar-refractivity contribution >= 4 is 0 Å². The van der Waals surface area contributed by atoms with Gasteiger partial charge in [-0.05, 0) is 39.8 Å². The third kappa shape index (κ3) is 3.49. The Balaban J connectivity index is 2.72. The Kier molecular flexibility index (Phi) is 4.30. The zero-order valence-corrected chi connectivity index (χ0v) is 10.9. The molecule has 0 amide bonds. The van der Waals surface area contributed by atoms with E-state index in [9.17, 15) is 0 Å². The molecule has 0 aliphatic rings. The van der Waals surface area contributed by atoms with Gasteiger partial charge in [0.15, 0.2) is 0 Å². The summed E-state index contributed by atoms with van der Waals surface area (Å²) in [6.07, 6.45) is 2.82. The summed E-state index contributed by atoms with van der Waals surface area (Å²) in [7, 11) is 1.94. The van der Waals surface area contributed by atoms with Crippen LogP contribution in [0.1, 0.15) is 45.7 Å². The summed E-state index contributed by atoms with van der Waals surface area (Å²) >= 11 is 0. The van der Waals surface area contributed by atoms with E-state index in [2.05, 4.69) is 44.1 Å². The van der Waals surface area contributed by atoms with Crippen LogP contribution in [0.2, 0.25) is 0 Å². The van der Waals surface area contributed by atoms with Crippen LogP contribution in [-0.2, 0) is 0 Å². The Morgan fingerprint density at radius 1 is 1.44 bits per heavy atom. The SMILES string of the molecule is CCC(C)(C)Oc1ccc(C(C)NC)cn1. The first-order chi connectivity index (χ1) is 7.48. The van der Waals surface area contributed by atoms with E-state index in [0.717, 1.165) is 6.42 Å². The first kappa shape index (κ1) is 13.0. The third-order valence-corrected chi connectivity index (χ3v) is 2.92. The van der Waals surface area contributed by atoms with Crippen LogP contribution in [-0.4, -0.2) is 17.6 Å². The van der Waals surface area contributed by atoms with Crippen LogP contribution in [0.25, 0.3) is 0 Å². The summed E-state index contributed by atoms with van der Waals surface area (Å²) in [6.45, 7) is 8.35. The Labute approximate surface area is 98.2 Å². The minimum atomic E-state index is -0.150. The van der Waals surface area contributed by atoms with Gasteiger partial charge in [-0.25, -0.2) is 4.98 Å². The molecule has 1 aromatic rings. The highest BCUT2D eigenvalue weighted by Gasteiger charge is 2.17. The van der Waals surface area contributed by atoms with Gasteiger partial charge in [0.25, 0.3) is 0 Å². The standard InChI is InChI=1S/C13H22N2O/c1-6-13(3,4)16-12-8-7-11(9-15-12)10(2)14-5/h7-10,14H,6H2,1-5H3. The fraction of sp³-hybridized carbons (Fsp3) is 0.615. The number of hydrogen-bond acceptors (Lipinski definition) is 3. The lowest BCUT2D eigenvalue weighted by Gasteiger charge is -2.24. The van der Waals surface area contributed by atoms with E-state index in [1.165, 1.54) is 5.56 Å². The number of nitrogens with zero attached hydrogens (tertiary/aromatic N) is 1. The summed E-state index contributed by atoms with van der Waals surface area (Å²) < 4.78 is 5.79. The van der Waals surface area contributed by atoms with Gasteiger partial charge in [0.05, 0.1) is 0 Å². The van der Waals surface area contributed by atoms with Crippen LogP contribution in [0.15, 0.2) is 18.3 Å². The molecule has 0 saturated heterocycles. The molecule has 1 rings (SSSR count). The van der Waals surface area contributed by atoms with Crippen molar-refractivity contribution in [1.29, 1.82) is 0 Å². The molecule has 0 aliphatic heterocycles. The van der Waals surface area contributed by atoms with Gasteiger partial charge < -0.3 is 10.1 Å². The predicted molar refractivity (Wildman–Crippen MR) is 66.7 cm³/mol. The van der Waals surface area contributed by atoms with E-state index in [1.54, 1.807) is 0 Å². The van der Waals surface area contributed by atoms with Crippen LogP contribution in [0.5, 0.6) is 5.88 Å². The van der Waals surface area contributed by atoms with E-state index in [-0.39, 0.29) is 5.60 Å². The Bertz CT molecular complexity index is 319. The Hall–Kier alpha value is -1.09. The van der Waals surface area contributed by atoms with Gasteiger partial charge in [-0.1, -0.05) is 13.0 Å². The van der Waals surface area contributed by atoms with Crippen LogP contribution < -0.4 is 10.1 Å². The van der Waals surface area contributed by atoms with Crippen LogP contribution in [0.3, 0.4) is 0 Å². The van der Waals surface area contributed by atoms with Crippen LogP contribution in [0, 0.1) is 0 Å². The number of pyridine rings is 1. The summed E-state index contributed by atoms with van der Waals surface area (Å²) in [6, 6.07) is 4.30. The molecule has 0 fully saturated rings. The van der Waals surface area contributed by atoms with Crippen molar-refractivity contribution in [1.82, 2.24) is 10.3 Å². The number of hydrogen-bond donors (Lipinski definition) is 1. The monoisotopic (exact) mass is 222 g/mol. The number of nitrogens with one attached hydrogen (secondary N) is 1. The summed E-state index contributed by atoms with van der Waals surface area (Å²) in [5, 5.41) is 3.18. The van der Waals surface area contributed by atoms with Crippen molar-refractivity contribution in [2.75, 3.05) is 7.05 Å². The molecule has 0 saturated carbocycles. The number of rotatable bonds is 5. The lowest BCUT2D eigenvalue weighted by Crippen LogP contribution is -2.27. The van der Waals surface area contributed by atoms with E-state index < -0.39 is 0 Å². The van der Waals surface area contributed by atoms with Gasteiger partial charge in [0.2, 0.25) is 5.88 Å². The minimum Gasteiger partial charge on any atom is -0.472 e. The molecule has 0 bridgehead atoms. The lowest BCUT2D eigenvalue weighted by atomic mass is 10.1. The molecule has 1 aromatic heterocycles. The molecule has 3 nitrogen and oxygen atoms in total. The lowest BCUT2D eigenvalue weighted by molar-refractivity contribution is 0.0989. The van der Waals surface area contributed by atoms with Crippen LogP contribution in [0.4, 0.5) is 0 Å². The predicted octanol–water partition coefficient (Wildman–Crippen LogP) is 2.93. The van der Waals surface area contributed by atoms with Crippen molar-refractivity contribution < 1.29 is 4.74 Å². The van der Waals surface area contributed by atoms with Crippen molar-refractivity contribution in [2.24, 2.45) is 0 Å². The summed E-state index contributed by atoms with van der Waals surface area (Å²) in [4.78, 5) is 4.32. The molecule has 90 valence electrons. The molecular formula is C13H22N2O. The van der Waals surface area contributed by atoms with Gasteiger partial charge in [-0.3, -0.25) is 0 Å². The number of ether oxygens (including phenoxy) is 1. The highest BCUT2D eigenvalue weighted by molar-refractivity contribution is 5.20. The minimum absolute atomic E-state index is 0.150. The first-order valence-corrected chi connectivity index (χ1v) is 5.80. The maximum Gasteiger partial charge on any atom is 0.213 e. The maximum absolute atomic E-state index is 5.79. The molecule has 0 aliphatic carbocycles. The van der Waals surface area contributed by atoms with E-state index in [0.29, 0.717) is 11.9 Å². The third-order valence-electron chi connectivity index (χ3n) is 2.92. The zero-order chi connectivity index (χ0) is 12.2. The second kappa shape index (κ2) is 5.30. The quantitative estimate of drug-likeness (QED) is 0.831. The average molecular weight is 222 g/mol. The van der Waals surface area contributed by atoms with E-state index >= 15 is 0 Å². The zero-order valence-electron chi connectivity index (χ0n) is 10.9. The summed E-state index contributed by atoms with van der Waals surface area (Å²) in [5.41, 5.74) is 1.02. The van der Waals surface area contributed by atoms with Crippen molar-refractivity contribution in [3.8, 4) is 5.88 Å². The summed E-state index contributed by atoms with van der Waals surface area (Å²) in [5.74, 6) is 0.693. The van der Waals surface area contributed by atoms with Gasteiger partial charge in [-0.15, -0.1) is 0 Å². The van der Waals surface area contributed by atoms with E-state index in [4.69, 9.17) is 4.74 Å². The van der Waals surface area contributed by atoms with Crippen molar-refractivity contribution in [2.45, 2.75) is 45.8 Å². The van der Waals surface area contributed by atoms with Crippen LogP contribution >= 0.6 is 0 Å². The second-order valence-corrected chi connectivity index (χ2v) is 4.66. The first-order valence-electron chi connectivity index (χ1n) is 5.80. The normalized spacial score (nSPS) is 13.6.